The summed E-state index contributed by atoms with van der Waals surface area (Å²) in [5.74, 6) is 2.72. The number of hydrogen-bond acceptors (Lipinski definition) is 8. The fourth-order valence-electron chi connectivity index (χ4n) is 16.9. The predicted molar refractivity (Wildman–Crippen MR) is 400 cm³/mol. The van der Waals surface area contributed by atoms with Crippen LogP contribution in [0, 0.1) is 67.5 Å². The summed E-state index contributed by atoms with van der Waals surface area (Å²) < 4.78 is 13.4. The van der Waals surface area contributed by atoms with Crippen LogP contribution in [0.3, 0.4) is 0 Å². The zero-order valence-electron chi connectivity index (χ0n) is 60.8. The Hall–Kier alpha value is -8.66. The third-order valence-electron chi connectivity index (χ3n) is 23.2. The van der Waals surface area contributed by atoms with E-state index in [0.717, 1.165) is 75.7 Å². The Kier molecular flexibility index (Phi) is 16.6. The molecular weight excluding hydrogens is 1190 g/mol. The van der Waals surface area contributed by atoms with E-state index in [1.807, 2.05) is 18.2 Å². The second-order valence-electron chi connectivity index (χ2n) is 35.0. The smallest absolute Gasteiger partial charge is 0.137 e. The van der Waals surface area contributed by atoms with Crippen molar-refractivity contribution in [1.29, 1.82) is 21.0 Å². The lowest BCUT2D eigenvalue weighted by Gasteiger charge is -2.57. The Balaban J connectivity index is 0.748. The van der Waals surface area contributed by atoms with Gasteiger partial charge in [0.25, 0.3) is 0 Å². The van der Waals surface area contributed by atoms with Gasteiger partial charge in [-0.25, -0.2) is 0 Å². The van der Waals surface area contributed by atoms with Crippen molar-refractivity contribution in [1.82, 2.24) is 4.90 Å². The van der Waals surface area contributed by atoms with Crippen LogP contribution in [0.25, 0.3) is 49.2 Å². The van der Waals surface area contributed by atoms with E-state index < -0.39 is 5.41 Å². The minimum atomic E-state index is -0.606. The second kappa shape index (κ2) is 24.1. The maximum absolute atomic E-state index is 10.2. The minimum Gasteiger partial charge on any atom is -0.462 e. The summed E-state index contributed by atoms with van der Waals surface area (Å²) in [5.41, 5.74) is 13.9. The summed E-state index contributed by atoms with van der Waals surface area (Å²) in [5, 5.41) is 51.6. The van der Waals surface area contributed by atoms with Gasteiger partial charge in [-0.1, -0.05) is 166 Å². The zero-order chi connectivity index (χ0) is 69.3. The van der Waals surface area contributed by atoms with Gasteiger partial charge < -0.3 is 14.4 Å². The highest BCUT2D eigenvalue weighted by molar-refractivity contribution is 6.33. The van der Waals surface area contributed by atoms with Gasteiger partial charge in [0.05, 0.1) is 0 Å². The SMILES string of the molecule is CC(C)(CCC1=CC(=C(C#N)C#N)C=C(/C=C/c2cc3c4c(c2)CCC(CC(C)(C)c2cc5cc(C(C)(C)C)cc6c7cc(C(C)(C)C)cc8cc(C(C)(C)C)cc(c(c2)c56)c87)N4CCC3)O1)C1=CC(=C(C#N)C#N)C=C(/C=C/C2=CC3C4C(=C2)C(C)(C)CCN4CCC3(C)C)O1. The molecule has 8 nitrogen and oxygen atoms in total. The topological polar surface area (TPSA) is 120 Å². The van der Waals surface area contributed by atoms with Crippen molar-refractivity contribution in [2.75, 3.05) is 24.5 Å². The van der Waals surface area contributed by atoms with Crippen LogP contribution in [0.15, 0.2) is 172 Å². The lowest BCUT2D eigenvalue weighted by Crippen LogP contribution is -2.58. The average molecular weight is 1280 g/mol. The van der Waals surface area contributed by atoms with Crippen LogP contribution in [0.1, 0.15) is 202 Å². The van der Waals surface area contributed by atoms with E-state index in [0.29, 0.717) is 65.0 Å². The number of nitriles is 4. The molecule has 97 heavy (non-hydrogen) atoms. The van der Waals surface area contributed by atoms with Crippen LogP contribution in [0.5, 0.6) is 0 Å². The van der Waals surface area contributed by atoms with E-state index in [2.05, 4.69) is 237 Å². The first kappa shape index (κ1) is 66.9. The number of aryl methyl sites for hydroxylation is 2. The van der Waals surface area contributed by atoms with Gasteiger partial charge in [0.1, 0.15) is 58.5 Å². The number of allylic oxidation sites excluding steroid dienone is 15. The molecule has 0 spiro atoms. The van der Waals surface area contributed by atoms with Gasteiger partial charge in [-0.15, -0.1) is 0 Å². The molecule has 0 aromatic heterocycles. The highest BCUT2D eigenvalue weighted by atomic mass is 16.5. The maximum atomic E-state index is 10.2. The number of fused-ring (bicyclic) bond motifs is 2. The van der Waals surface area contributed by atoms with Crippen LogP contribution >= 0.6 is 0 Å². The third kappa shape index (κ3) is 12.5. The largest absolute Gasteiger partial charge is 0.462 e. The lowest BCUT2D eigenvalue weighted by molar-refractivity contribution is 0.00596. The summed E-state index contributed by atoms with van der Waals surface area (Å²) in [7, 11) is 0. The number of ether oxygens (including phenoxy) is 2. The summed E-state index contributed by atoms with van der Waals surface area (Å²) >= 11 is 0. The number of hydrogen-bond donors (Lipinski definition) is 0. The fourth-order valence-corrected chi connectivity index (χ4v) is 16.9. The van der Waals surface area contributed by atoms with Crippen LogP contribution in [0.2, 0.25) is 0 Å². The molecule has 0 amide bonds. The van der Waals surface area contributed by atoms with Crippen LogP contribution in [0.4, 0.5) is 5.69 Å². The van der Waals surface area contributed by atoms with Gasteiger partial charge in [-0.2, -0.15) is 21.0 Å². The fraction of sp³-hybridized carbons (Fsp3) is 0.438. The number of piperidine rings is 2. The molecule has 6 aliphatic heterocycles. The van der Waals surface area contributed by atoms with Gasteiger partial charge >= 0.3 is 0 Å². The normalized spacial score (nSPS) is 21.2. The molecule has 0 radical (unpaired) electrons. The quantitative estimate of drug-likeness (QED) is 0.0715. The van der Waals surface area contributed by atoms with Crippen molar-refractivity contribution in [2.24, 2.45) is 22.2 Å². The first-order valence-corrected chi connectivity index (χ1v) is 35.7. The van der Waals surface area contributed by atoms with Crippen molar-refractivity contribution in [3.05, 3.63) is 211 Å². The van der Waals surface area contributed by atoms with E-state index in [1.165, 1.54) is 87.7 Å². The number of rotatable bonds is 11. The first-order valence-electron chi connectivity index (χ1n) is 35.7. The number of nitrogens with zero attached hydrogens (tertiary/aromatic N) is 6. The molecule has 496 valence electrons. The molecule has 0 bridgehead atoms. The van der Waals surface area contributed by atoms with E-state index in [1.54, 1.807) is 18.2 Å². The average Bonchev–Trinajstić information content (AvgIpc) is 0.705. The van der Waals surface area contributed by atoms with Gasteiger partial charge in [0.2, 0.25) is 0 Å². The molecular formula is C89H98N6O2. The molecule has 8 heteroatoms. The molecule has 0 saturated carbocycles. The Morgan fingerprint density at radius 1 is 0.557 bits per heavy atom. The van der Waals surface area contributed by atoms with Crippen molar-refractivity contribution in [3.63, 3.8) is 0 Å². The van der Waals surface area contributed by atoms with E-state index in [-0.39, 0.29) is 43.6 Å². The minimum absolute atomic E-state index is 0.00377. The van der Waals surface area contributed by atoms with Crippen LogP contribution < -0.4 is 4.90 Å². The molecule has 6 heterocycles. The molecule has 3 atom stereocenters. The molecule has 6 aromatic rings. The van der Waals surface area contributed by atoms with Crippen molar-refractivity contribution in [2.45, 2.75) is 209 Å². The molecule has 7 aliphatic rings. The highest BCUT2D eigenvalue weighted by Crippen LogP contribution is 2.54. The first-order chi connectivity index (χ1) is 45.7. The Morgan fingerprint density at radius 3 is 1.64 bits per heavy atom. The molecule has 3 unspecified atom stereocenters. The van der Waals surface area contributed by atoms with Gasteiger partial charge in [0, 0.05) is 53.2 Å². The van der Waals surface area contributed by atoms with Gasteiger partial charge in [-0.3, -0.25) is 4.90 Å². The summed E-state index contributed by atoms with van der Waals surface area (Å²) in [6, 6.07) is 34.1. The van der Waals surface area contributed by atoms with E-state index >= 15 is 0 Å². The number of benzene rings is 6. The van der Waals surface area contributed by atoms with Gasteiger partial charge in [-0.05, 0) is 263 Å². The zero-order valence-corrected chi connectivity index (χ0v) is 60.8. The molecule has 2 saturated heterocycles. The standard InChI is InChI=1S/C89H98N6O2/c1-83(2,3)64-37-60-38-65(84(4,5)6)47-74-75-48-67(40-61-39-66(85(7,8)9)46-73(80(61)75)72(45-64)79(60)74)89(16,17)49-68-23-22-57-34-54(33-56-19-18-30-95(68)81(56)57)20-24-69-41-58(62(50-90)51-91)42-71(96-69)26-27-88(14,15)78-44-59(63(52-92)53-93)43-70(97-78)25-21-55-35-76-82-77(36-55)87(12,13)29-32-94(82)31-28-86(76,10)11/h20-21,24-25,33-48,68,76,82H,18-19,22-23,26-32,49H2,1-17H3/b24-20+,25-21+. The third-order valence-corrected chi connectivity index (χ3v) is 23.2. The molecule has 13 rings (SSSR count). The summed E-state index contributed by atoms with van der Waals surface area (Å²) in [6.07, 6.45) is 28.7. The Morgan fingerprint density at radius 2 is 1.07 bits per heavy atom. The second-order valence-corrected chi connectivity index (χ2v) is 35.0. The Labute approximate surface area is 578 Å². The van der Waals surface area contributed by atoms with Crippen molar-refractivity contribution >= 4 is 54.9 Å². The molecule has 0 N–H and O–H groups in total. The van der Waals surface area contributed by atoms with Crippen molar-refractivity contribution in [3.8, 4) is 24.3 Å². The van der Waals surface area contributed by atoms with E-state index in [4.69, 9.17) is 9.47 Å². The predicted octanol–water partition coefficient (Wildman–Crippen LogP) is 21.7. The van der Waals surface area contributed by atoms with Gasteiger partial charge in [0.15, 0.2) is 0 Å². The summed E-state index contributed by atoms with van der Waals surface area (Å²) in [6.45, 7) is 43.2. The summed E-state index contributed by atoms with van der Waals surface area (Å²) in [4.78, 5) is 5.45. The number of anilines is 1. The van der Waals surface area contributed by atoms with Crippen molar-refractivity contribution < 1.29 is 9.47 Å². The molecule has 6 aromatic carbocycles. The monoisotopic (exact) mass is 1280 g/mol. The highest BCUT2D eigenvalue weighted by Gasteiger charge is 2.50. The van der Waals surface area contributed by atoms with Crippen LogP contribution in [-0.2, 0) is 44.0 Å². The van der Waals surface area contributed by atoms with E-state index in [9.17, 15) is 21.0 Å². The Bertz CT molecular complexity index is 4770. The molecule has 1 aliphatic carbocycles. The maximum Gasteiger partial charge on any atom is 0.137 e. The van der Waals surface area contributed by atoms with Crippen LogP contribution in [-0.4, -0.2) is 36.6 Å². The lowest BCUT2D eigenvalue weighted by atomic mass is 9.59. The molecule has 2 fully saturated rings.